The van der Waals surface area contributed by atoms with Crippen LogP contribution in [0.15, 0.2) is 107 Å². The van der Waals surface area contributed by atoms with Crippen LogP contribution in [-0.2, 0) is 17.8 Å². The molecular weight excluding hydrogens is 500 g/mol. The van der Waals surface area contributed by atoms with Gasteiger partial charge in [0.1, 0.15) is 12.4 Å². The van der Waals surface area contributed by atoms with Crippen molar-refractivity contribution in [2.75, 3.05) is 6.54 Å². The highest BCUT2D eigenvalue weighted by molar-refractivity contribution is 8.18. The second-order valence-electron chi connectivity index (χ2n) is 9.77. The molecule has 0 aliphatic carbocycles. The first-order valence-corrected chi connectivity index (χ1v) is 14.0. The van der Waals surface area contributed by atoms with Crippen LogP contribution in [0.4, 0.5) is 5.69 Å². The van der Waals surface area contributed by atoms with Gasteiger partial charge in [-0.25, -0.2) is 4.99 Å². The average molecular weight is 533 g/mol. The number of aryl methyl sites for hydroxylation is 3. The predicted octanol–water partition coefficient (Wildman–Crippen LogP) is 8.04. The Kier molecular flexibility index (Phi) is 8.28. The molecule has 1 aliphatic heterocycles. The molecule has 196 valence electrons. The van der Waals surface area contributed by atoms with E-state index in [1.807, 2.05) is 78.9 Å². The van der Waals surface area contributed by atoms with Crippen LogP contribution in [0.25, 0.3) is 6.08 Å². The number of ether oxygens (including phenoxy) is 1. The van der Waals surface area contributed by atoms with E-state index in [2.05, 4.69) is 45.0 Å². The molecule has 0 spiro atoms. The van der Waals surface area contributed by atoms with Crippen molar-refractivity contribution in [3.63, 3.8) is 0 Å². The lowest BCUT2D eigenvalue weighted by molar-refractivity contribution is -0.122. The normalized spacial score (nSPS) is 15.4. The van der Waals surface area contributed by atoms with E-state index in [4.69, 9.17) is 9.73 Å². The summed E-state index contributed by atoms with van der Waals surface area (Å²) in [7, 11) is 0. The Bertz CT molecular complexity index is 1490. The lowest BCUT2D eigenvalue weighted by atomic mass is 10.0. The minimum absolute atomic E-state index is 0.0174. The Balaban J connectivity index is 1.32. The summed E-state index contributed by atoms with van der Waals surface area (Å²) in [6.07, 6.45) is 2.70. The van der Waals surface area contributed by atoms with Crippen LogP contribution in [0.2, 0.25) is 0 Å². The van der Waals surface area contributed by atoms with Crippen molar-refractivity contribution in [1.29, 1.82) is 0 Å². The van der Waals surface area contributed by atoms with Crippen molar-refractivity contribution in [2.24, 2.45) is 4.99 Å². The van der Waals surface area contributed by atoms with Crippen LogP contribution in [0.1, 0.15) is 33.4 Å². The Morgan fingerprint density at radius 1 is 0.846 bits per heavy atom. The Morgan fingerprint density at radius 2 is 1.49 bits per heavy atom. The zero-order valence-electron chi connectivity index (χ0n) is 22.6. The smallest absolute Gasteiger partial charge is 0.266 e. The predicted molar refractivity (Wildman–Crippen MR) is 162 cm³/mol. The summed E-state index contributed by atoms with van der Waals surface area (Å²) in [5, 5.41) is 0.706. The van der Waals surface area contributed by atoms with Gasteiger partial charge in [-0.15, -0.1) is 0 Å². The van der Waals surface area contributed by atoms with Gasteiger partial charge in [0.25, 0.3) is 5.91 Å². The van der Waals surface area contributed by atoms with Gasteiger partial charge in [0.2, 0.25) is 0 Å². The molecule has 1 heterocycles. The highest BCUT2D eigenvalue weighted by atomic mass is 32.2. The molecule has 4 nitrogen and oxygen atoms in total. The number of hydrogen-bond acceptors (Lipinski definition) is 4. The maximum absolute atomic E-state index is 13.5. The van der Waals surface area contributed by atoms with Gasteiger partial charge in [0.05, 0.1) is 10.6 Å². The van der Waals surface area contributed by atoms with Gasteiger partial charge < -0.3 is 4.74 Å². The zero-order chi connectivity index (χ0) is 27.2. The first-order chi connectivity index (χ1) is 19.0. The fourth-order valence-electron chi connectivity index (χ4n) is 4.69. The molecule has 5 rings (SSSR count). The zero-order valence-corrected chi connectivity index (χ0v) is 23.4. The molecular formula is C34H32N2O2S. The molecule has 0 bridgehead atoms. The number of thioether (sulfide) groups is 1. The highest BCUT2D eigenvalue weighted by Gasteiger charge is 2.33. The SMILES string of the molecule is Cc1cc(C)c(COc2ccc(/C=C3/SC(=Nc4ccccc4)N(CCc4ccccc4)C3=O)cc2)c(C)c1. The van der Waals surface area contributed by atoms with E-state index in [1.54, 1.807) is 4.90 Å². The number of para-hydroxylation sites is 1. The van der Waals surface area contributed by atoms with E-state index in [0.29, 0.717) is 23.2 Å². The molecule has 1 aliphatic rings. The summed E-state index contributed by atoms with van der Waals surface area (Å²) in [6, 6.07) is 32.3. The third-order valence-corrected chi connectivity index (χ3v) is 7.74. The van der Waals surface area contributed by atoms with Crippen molar-refractivity contribution >= 4 is 34.6 Å². The number of carbonyl (C=O) groups is 1. The summed E-state index contributed by atoms with van der Waals surface area (Å²) < 4.78 is 6.09. The Morgan fingerprint density at radius 3 is 2.15 bits per heavy atom. The van der Waals surface area contributed by atoms with Gasteiger partial charge in [-0.2, -0.15) is 0 Å². The van der Waals surface area contributed by atoms with E-state index >= 15 is 0 Å². The fraction of sp³-hybridized carbons (Fsp3) is 0.176. The van der Waals surface area contributed by atoms with Crippen LogP contribution >= 0.6 is 11.8 Å². The van der Waals surface area contributed by atoms with Crippen molar-refractivity contribution in [3.8, 4) is 5.75 Å². The van der Waals surface area contributed by atoms with Crippen molar-refractivity contribution in [2.45, 2.75) is 33.8 Å². The number of benzene rings is 4. The van der Waals surface area contributed by atoms with E-state index in [1.165, 1.54) is 39.6 Å². The average Bonchev–Trinajstić information content (AvgIpc) is 3.22. The molecule has 4 aromatic carbocycles. The Hall–Kier alpha value is -4.09. The highest BCUT2D eigenvalue weighted by Crippen LogP contribution is 2.34. The van der Waals surface area contributed by atoms with Gasteiger partial charge in [0.15, 0.2) is 5.17 Å². The number of hydrogen-bond donors (Lipinski definition) is 0. The molecule has 39 heavy (non-hydrogen) atoms. The molecule has 0 saturated carbocycles. The molecule has 1 amide bonds. The van der Waals surface area contributed by atoms with Gasteiger partial charge in [-0.1, -0.05) is 78.4 Å². The molecule has 5 heteroatoms. The third kappa shape index (κ3) is 6.68. The van der Waals surface area contributed by atoms with Crippen LogP contribution in [0.3, 0.4) is 0 Å². The maximum atomic E-state index is 13.5. The molecule has 0 atom stereocenters. The molecule has 1 fully saturated rings. The molecule has 0 unspecified atom stereocenters. The number of carbonyl (C=O) groups excluding carboxylic acids is 1. The fourth-order valence-corrected chi connectivity index (χ4v) is 5.72. The van der Waals surface area contributed by atoms with Crippen molar-refractivity contribution in [3.05, 3.63) is 135 Å². The standard InChI is InChI=1S/C34H32N2O2S/c1-24-20-25(2)31(26(3)21-24)23-38-30-16-14-28(15-17-30)22-32-33(37)36(19-18-27-10-6-4-7-11-27)34(39-32)35-29-12-8-5-9-13-29/h4-17,20-22H,18-19,23H2,1-3H3/b32-22+,35-34?. The second kappa shape index (κ2) is 12.2. The number of aliphatic imine (C=N–C) groups is 1. The van der Waals surface area contributed by atoms with Gasteiger partial charge >= 0.3 is 0 Å². The molecule has 0 N–H and O–H groups in total. The monoisotopic (exact) mass is 532 g/mol. The lowest BCUT2D eigenvalue weighted by Crippen LogP contribution is -2.31. The van der Waals surface area contributed by atoms with Crippen LogP contribution in [0.5, 0.6) is 5.75 Å². The van der Waals surface area contributed by atoms with Crippen LogP contribution in [0, 0.1) is 20.8 Å². The minimum atomic E-state index is -0.0174. The van der Waals surface area contributed by atoms with Crippen molar-refractivity contribution < 1.29 is 9.53 Å². The minimum Gasteiger partial charge on any atom is -0.489 e. The van der Waals surface area contributed by atoms with Gasteiger partial charge in [-0.3, -0.25) is 9.69 Å². The van der Waals surface area contributed by atoms with E-state index in [9.17, 15) is 4.79 Å². The number of amides is 1. The van der Waals surface area contributed by atoms with Gasteiger partial charge in [0, 0.05) is 6.54 Å². The van der Waals surface area contributed by atoms with E-state index < -0.39 is 0 Å². The Labute approximate surface area is 235 Å². The summed E-state index contributed by atoms with van der Waals surface area (Å²) in [4.78, 5) is 20.7. The van der Waals surface area contributed by atoms with E-state index in [0.717, 1.165) is 23.4 Å². The summed E-state index contributed by atoms with van der Waals surface area (Å²) >= 11 is 1.42. The van der Waals surface area contributed by atoms with Crippen LogP contribution < -0.4 is 4.74 Å². The largest absolute Gasteiger partial charge is 0.489 e. The van der Waals surface area contributed by atoms with Crippen LogP contribution in [-0.4, -0.2) is 22.5 Å². The van der Waals surface area contributed by atoms with Gasteiger partial charge in [-0.05, 0) is 97.1 Å². The lowest BCUT2D eigenvalue weighted by Gasteiger charge is -2.15. The molecule has 4 aromatic rings. The van der Waals surface area contributed by atoms with Crippen molar-refractivity contribution in [1.82, 2.24) is 4.90 Å². The molecule has 1 saturated heterocycles. The maximum Gasteiger partial charge on any atom is 0.266 e. The summed E-state index contributed by atoms with van der Waals surface area (Å²) in [5.74, 6) is 0.786. The molecule has 0 radical (unpaired) electrons. The first kappa shape index (κ1) is 26.5. The topological polar surface area (TPSA) is 41.9 Å². The second-order valence-corrected chi connectivity index (χ2v) is 10.8. The van der Waals surface area contributed by atoms with E-state index in [-0.39, 0.29) is 5.91 Å². The third-order valence-electron chi connectivity index (χ3n) is 6.74. The molecule has 0 aromatic heterocycles. The number of rotatable bonds is 8. The summed E-state index contributed by atoms with van der Waals surface area (Å²) in [5.41, 5.74) is 7.95. The quantitative estimate of drug-likeness (QED) is 0.216. The first-order valence-electron chi connectivity index (χ1n) is 13.1. The number of nitrogens with zero attached hydrogens (tertiary/aromatic N) is 2. The number of amidine groups is 1. The summed E-state index contributed by atoms with van der Waals surface area (Å²) in [6.45, 7) is 7.47.